The van der Waals surface area contributed by atoms with Crippen LogP contribution in [-0.2, 0) is 9.53 Å². The number of hydrogen-bond acceptors (Lipinski definition) is 5. The number of esters is 1. The Bertz CT molecular complexity index is 1060. The minimum atomic E-state index is -0.582. The van der Waals surface area contributed by atoms with E-state index in [1.165, 1.54) is 12.1 Å². The summed E-state index contributed by atoms with van der Waals surface area (Å²) in [5, 5.41) is 0. The Kier molecular flexibility index (Phi) is 6.65. The van der Waals surface area contributed by atoms with Crippen LogP contribution in [0.4, 0.5) is 10.1 Å². The van der Waals surface area contributed by atoms with Gasteiger partial charge >= 0.3 is 5.97 Å². The molecule has 0 saturated carbocycles. The summed E-state index contributed by atoms with van der Waals surface area (Å²) >= 11 is 0. The molecule has 0 spiro atoms. The van der Waals surface area contributed by atoms with E-state index < -0.39 is 5.97 Å². The van der Waals surface area contributed by atoms with Gasteiger partial charge in [0.15, 0.2) is 6.61 Å². The molecule has 4 rings (SSSR count). The predicted octanol–water partition coefficient (Wildman–Crippen LogP) is 4.12. The summed E-state index contributed by atoms with van der Waals surface area (Å²) in [5.41, 5.74) is 1.23. The summed E-state index contributed by atoms with van der Waals surface area (Å²) in [4.78, 5) is 28.7. The third-order valence-electron chi connectivity index (χ3n) is 5.20. The van der Waals surface area contributed by atoms with E-state index in [4.69, 9.17) is 9.47 Å². The molecule has 0 radical (unpaired) electrons. The molecule has 0 aliphatic carbocycles. The highest BCUT2D eigenvalue weighted by atomic mass is 19.1. The van der Waals surface area contributed by atoms with E-state index in [9.17, 15) is 14.0 Å². The summed E-state index contributed by atoms with van der Waals surface area (Å²) in [6, 6.07) is 22.2. The molecule has 1 amide bonds. The van der Waals surface area contributed by atoms with Crippen molar-refractivity contribution in [2.75, 3.05) is 37.7 Å². The fourth-order valence-corrected chi connectivity index (χ4v) is 3.48. The predicted molar refractivity (Wildman–Crippen MR) is 118 cm³/mol. The van der Waals surface area contributed by atoms with E-state index in [2.05, 4.69) is 4.90 Å². The van der Waals surface area contributed by atoms with Crippen LogP contribution in [0, 0.1) is 5.82 Å². The van der Waals surface area contributed by atoms with Crippen LogP contribution < -0.4 is 9.64 Å². The number of carbonyl (C=O) groups is 2. The molecular weight excluding hydrogens is 411 g/mol. The molecule has 1 aliphatic rings. The molecule has 3 aromatic rings. The van der Waals surface area contributed by atoms with Crippen LogP contribution in [0.1, 0.15) is 10.4 Å². The second kappa shape index (κ2) is 9.96. The average molecular weight is 434 g/mol. The lowest BCUT2D eigenvalue weighted by Crippen LogP contribution is -2.49. The van der Waals surface area contributed by atoms with Crippen LogP contribution in [0.15, 0.2) is 78.9 Å². The molecule has 6 nitrogen and oxygen atoms in total. The Balaban J connectivity index is 1.26. The molecule has 3 aromatic carbocycles. The number of benzene rings is 3. The largest absolute Gasteiger partial charge is 0.457 e. The van der Waals surface area contributed by atoms with Gasteiger partial charge in [-0.05, 0) is 54.6 Å². The summed E-state index contributed by atoms with van der Waals surface area (Å²) in [6.45, 7) is 1.95. The summed E-state index contributed by atoms with van der Waals surface area (Å²) in [7, 11) is 0. The number of piperazine rings is 1. The molecule has 164 valence electrons. The minimum Gasteiger partial charge on any atom is -0.457 e. The summed E-state index contributed by atoms with van der Waals surface area (Å²) < 4.78 is 24.1. The number of hydrogen-bond donors (Lipinski definition) is 0. The molecule has 0 N–H and O–H groups in total. The zero-order chi connectivity index (χ0) is 22.3. The molecule has 1 heterocycles. The monoisotopic (exact) mass is 434 g/mol. The fraction of sp³-hybridized carbons (Fsp3) is 0.200. The van der Waals surface area contributed by atoms with Crippen LogP contribution in [0.2, 0.25) is 0 Å². The summed E-state index contributed by atoms with van der Waals surface area (Å²) in [5.74, 6) is 0.0685. The number of halogens is 1. The average Bonchev–Trinajstić information content (AvgIpc) is 2.84. The molecule has 7 heteroatoms. The van der Waals surface area contributed by atoms with E-state index in [0.717, 1.165) is 5.69 Å². The summed E-state index contributed by atoms with van der Waals surface area (Å²) in [6.07, 6.45) is 0. The van der Waals surface area contributed by atoms with Crippen molar-refractivity contribution in [3.8, 4) is 11.5 Å². The molecule has 1 saturated heterocycles. The van der Waals surface area contributed by atoms with Gasteiger partial charge in [-0.1, -0.05) is 24.3 Å². The van der Waals surface area contributed by atoms with E-state index in [1.54, 1.807) is 41.3 Å². The maximum absolute atomic E-state index is 13.1. The first-order valence-corrected chi connectivity index (χ1v) is 10.4. The van der Waals surface area contributed by atoms with Crippen molar-refractivity contribution in [2.45, 2.75) is 0 Å². The second-order valence-electron chi connectivity index (χ2n) is 7.36. The van der Waals surface area contributed by atoms with E-state index >= 15 is 0 Å². The Morgan fingerprint density at radius 2 is 1.50 bits per heavy atom. The van der Waals surface area contributed by atoms with E-state index in [1.807, 2.05) is 30.3 Å². The van der Waals surface area contributed by atoms with Gasteiger partial charge in [0.05, 0.1) is 5.56 Å². The molecule has 0 unspecified atom stereocenters. The maximum atomic E-state index is 13.1. The molecule has 1 fully saturated rings. The molecule has 0 bridgehead atoms. The third kappa shape index (κ3) is 5.43. The van der Waals surface area contributed by atoms with Crippen molar-refractivity contribution >= 4 is 17.6 Å². The van der Waals surface area contributed by atoms with Crippen molar-refractivity contribution in [2.24, 2.45) is 0 Å². The number of rotatable bonds is 6. The molecule has 32 heavy (non-hydrogen) atoms. The SMILES string of the molecule is O=C(OCC(=O)N1CCN(c2ccc(F)cc2)CC1)c1cccc(Oc2ccccc2)c1. The van der Waals surface area contributed by atoms with Gasteiger partial charge in [0.1, 0.15) is 17.3 Å². The van der Waals surface area contributed by atoms with Crippen LogP contribution in [0.3, 0.4) is 0 Å². The van der Waals surface area contributed by atoms with Gasteiger partial charge in [-0.25, -0.2) is 9.18 Å². The number of nitrogens with zero attached hydrogens (tertiary/aromatic N) is 2. The lowest BCUT2D eigenvalue weighted by Gasteiger charge is -2.36. The first-order chi connectivity index (χ1) is 15.6. The van der Waals surface area contributed by atoms with Crippen molar-refractivity contribution in [3.05, 3.63) is 90.2 Å². The smallest absolute Gasteiger partial charge is 0.338 e. The quantitative estimate of drug-likeness (QED) is 0.546. The first-order valence-electron chi connectivity index (χ1n) is 10.4. The Morgan fingerprint density at radius 1 is 0.812 bits per heavy atom. The van der Waals surface area contributed by atoms with Gasteiger partial charge in [-0.15, -0.1) is 0 Å². The molecular formula is C25H23FN2O4. The van der Waals surface area contributed by atoms with Crippen molar-refractivity contribution in [1.82, 2.24) is 4.90 Å². The van der Waals surface area contributed by atoms with Crippen molar-refractivity contribution in [3.63, 3.8) is 0 Å². The topological polar surface area (TPSA) is 59.1 Å². The van der Waals surface area contributed by atoms with Gasteiger partial charge in [0.2, 0.25) is 0 Å². The van der Waals surface area contributed by atoms with E-state index in [0.29, 0.717) is 43.2 Å². The fourth-order valence-electron chi connectivity index (χ4n) is 3.48. The van der Waals surface area contributed by atoms with Crippen LogP contribution in [0.25, 0.3) is 0 Å². The molecule has 0 aromatic heterocycles. The van der Waals surface area contributed by atoms with Gasteiger partial charge in [0, 0.05) is 31.9 Å². The van der Waals surface area contributed by atoms with Crippen LogP contribution >= 0.6 is 0 Å². The van der Waals surface area contributed by atoms with Crippen molar-refractivity contribution < 1.29 is 23.5 Å². The number of carbonyl (C=O) groups excluding carboxylic acids is 2. The molecule has 1 aliphatic heterocycles. The first kappa shape index (κ1) is 21.4. The van der Waals surface area contributed by atoms with Gasteiger partial charge in [0.25, 0.3) is 5.91 Å². The lowest BCUT2D eigenvalue weighted by molar-refractivity contribution is -0.134. The molecule has 0 atom stereocenters. The highest BCUT2D eigenvalue weighted by Gasteiger charge is 2.22. The number of amides is 1. The van der Waals surface area contributed by atoms with Gasteiger partial charge < -0.3 is 19.3 Å². The number of anilines is 1. The Morgan fingerprint density at radius 3 is 2.22 bits per heavy atom. The zero-order valence-electron chi connectivity index (χ0n) is 17.4. The standard InChI is InChI=1S/C25H23FN2O4/c26-20-9-11-21(12-10-20)27-13-15-28(16-14-27)24(29)18-31-25(30)19-5-4-8-23(17-19)32-22-6-2-1-3-7-22/h1-12,17H,13-16,18H2. The number of ether oxygens (including phenoxy) is 2. The highest BCUT2D eigenvalue weighted by Crippen LogP contribution is 2.22. The van der Waals surface area contributed by atoms with Crippen LogP contribution in [0.5, 0.6) is 11.5 Å². The maximum Gasteiger partial charge on any atom is 0.338 e. The minimum absolute atomic E-state index is 0.242. The van der Waals surface area contributed by atoms with Gasteiger partial charge in [-0.3, -0.25) is 4.79 Å². The highest BCUT2D eigenvalue weighted by molar-refractivity contribution is 5.91. The van der Waals surface area contributed by atoms with Crippen molar-refractivity contribution in [1.29, 1.82) is 0 Å². The second-order valence-corrected chi connectivity index (χ2v) is 7.36. The normalized spacial score (nSPS) is 13.5. The van der Waals surface area contributed by atoms with E-state index in [-0.39, 0.29) is 18.3 Å². The Labute approximate surface area is 185 Å². The lowest BCUT2D eigenvalue weighted by atomic mass is 10.2. The zero-order valence-corrected chi connectivity index (χ0v) is 17.4. The number of para-hydroxylation sites is 1. The third-order valence-corrected chi connectivity index (χ3v) is 5.20. The van der Waals surface area contributed by atoms with Crippen LogP contribution in [-0.4, -0.2) is 49.6 Å². The van der Waals surface area contributed by atoms with Gasteiger partial charge in [-0.2, -0.15) is 0 Å². The Hall–Kier alpha value is -3.87.